The predicted octanol–water partition coefficient (Wildman–Crippen LogP) is 3.55. The van der Waals surface area contributed by atoms with Gasteiger partial charge in [0.05, 0.1) is 35.4 Å². The van der Waals surface area contributed by atoms with Gasteiger partial charge in [-0.3, -0.25) is 14.8 Å². The summed E-state index contributed by atoms with van der Waals surface area (Å²) in [6, 6.07) is 11.6. The number of rotatable bonds is 3. The Hall–Kier alpha value is -3.09. The molecule has 29 heavy (non-hydrogen) atoms. The first-order valence-electron chi connectivity index (χ1n) is 8.72. The normalized spacial score (nSPS) is 12.9. The largest absolute Gasteiger partial charge is 0.287 e. The zero-order valence-corrected chi connectivity index (χ0v) is 17.4. The minimum absolute atomic E-state index is 0.214. The second-order valence-electron chi connectivity index (χ2n) is 6.34. The number of aryl methyl sites for hydroxylation is 1. The van der Waals surface area contributed by atoms with Gasteiger partial charge in [0.2, 0.25) is 0 Å². The maximum Gasteiger partial charge on any atom is 0.287 e. The summed E-state index contributed by atoms with van der Waals surface area (Å²) in [5.74, 6) is 0.597. The number of anilines is 1. The Morgan fingerprint density at radius 3 is 2.90 bits per heavy atom. The number of hydrogen-bond donors (Lipinski definition) is 0. The predicted molar refractivity (Wildman–Crippen MR) is 117 cm³/mol. The van der Waals surface area contributed by atoms with Crippen LogP contribution in [-0.2, 0) is 5.75 Å². The van der Waals surface area contributed by atoms with Gasteiger partial charge in [-0.1, -0.05) is 35.7 Å². The molecule has 144 valence electrons. The Morgan fingerprint density at radius 2 is 2.14 bits per heavy atom. The fraction of sp³-hybridized carbons (Fsp3) is 0.150. The number of benzene rings is 1. The maximum absolute atomic E-state index is 13.0. The van der Waals surface area contributed by atoms with Crippen molar-refractivity contribution in [2.45, 2.75) is 17.6 Å². The van der Waals surface area contributed by atoms with Crippen LogP contribution >= 0.6 is 23.5 Å². The molecule has 0 N–H and O–H groups in total. The van der Waals surface area contributed by atoms with E-state index in [9.17, 15) is 10.1 Å². The maximum atomic E-state index is 13.0. The number of thioether (sulfide) groups is 2. The Morgan fingerprint density at radius 1 is 1.28 bits per heavy atom. The molecule has 0 radical (unpaired) electrons. The smallest absolute Gasteiger partial charge is 0.266 e. The van der Waals surface area contributed by atoms with Crippen molar-refractivity contribution in [3.05, 3.63) is 76.0 Å². The first kappa shape index (κ1) is 19.2. The van der Waals surface area contributed by atoms with Crippen LogP contribution in [-0.4, -0.2) is 26.2 Å². The van der Waals surface area contributed by atoms with E-state index in [1.165, 1.54) is 28.2 Å². The number of pyridine rings is 1. The minimum Gasteiger partial charge on any atom is -0.266 e. The molecule has 0 unspecified atom stereocenters. The number of hydrazone groups is 1. The molecule has 1 aliphatic heterocycles. The molecule has 0 fully saturated rings. The molecule has 4 rings (SSSR count). The van der Waals surface area contributed by atoms with Gasteiger partial charge in [0.1, 0.15) is 4.90 Å². The number of nitrogens with zero attached hydrogens (tertiary/aromatic N) is 6. The van der Waals surface area contributed by atoms with Gasteiger partial charge in [0, 0.05) is 19.0 Å². The first-order chi connectivity index (χ1) is 14.1. The van der Waals surface area contributed by atoms with Crippen LogP contribution in [0.3, 0.4) is 0 Å². The third-order valence-corrected chi connectivity index (χ3v) is 6.54. The number of aromatic nitrogens is 3. The molecule has 0 saturated carbocycles. The molecule has 0 saturated heterocycles. The zero-order valence-electron chi connectivity index (χ0n) is 15.7. The van der Waals surface area contributed by atoms with Gasteiger partial charge in [0.15, 0.2) is 4.38 Å². The van der Waals surface area contributed by atoms with Gasteiger partial charge in [-0.2, -0.15) is 20.1 Å². The molecular formula is C20H16N6OS2. The summed E-state index contributed by atoms with van der Waals surface area (Å²) in [7, 11) is 1.79. The fourth-order valence-electron chi connectivity index (χ4n) is 2.82. The van der Waals surface area contributed by atoms with Crippen molar-refractivity contribution in [2.75, 3.05) is 12.1 Å². The number of fused-ring (bicyclic) bond motifs is 1. The molecule has 0 spiro atoms. The highest BCUT2D eigenvalue weighted by molar-refractivity contribution is 8.38. The Balaban J connectivity index is 1.60. The van der Waals surface area contributed by atoms with Crippen molar-refractivity contribution in [1.29, 1.82) is 5.26 Å². The average molecular weight is 421 g/mol. The van der Waals surface area contributed by atoms with Gasteiger partial charge in [-0.25, -0.2) is 0 Å². The van der Waals surface area contributed by atoms with Crippen molar-refractivity contribution in [3.63, 3.8) is 0 Å². The van der Waals surface area contributed by atoms with Gasteiger partial charge in [-0.15, -0.1) is 0 Å². The second kappa shape index (κ2) is 8.11. The molecule has 7 nitrogen and oxygen atoms in total. The average Bonchev–Trinajstić information content (AvgIpc) is 2.74. The molecule has 0 atom stereocenters. The fourth-order valence-corrected chi connectivity index (χ4v) is 5.00. The van der Waals surface area contributed by atoms with E-state index < -0.39 is 0 Å². The molecule has 1 aromatic carbocycles. The minimum atomic E-state index is -0.214. The van der Waals surface area contributed by atoms with Crippen LogP contribution in [0.5, 0.6) is 0 Å². The van der Waals surface area contributed by atoms with Crippen LogP contribution in [0.1, 0.15) is 16.7 Å². The summed E-state index contributed by atoms with van der Waals surface area (Å²) in [4.78, 5) is 17.7. The lowest BCUT2D eigenvalue weighted by molar-refractivity contribution is 0.768. The van der Waals surface area contributed by atoms with E-state index in [4.69, 9.17) is 0 Å². The molecule has 0 aliphatic carbocycles. The standard InChI is InChI=1S/C20H16N6OS2/c1-13-5-6-14(15(8-13)9-21)12-28-20-24-25(2)17-11-23-26(19(27)18(17)29-20)16-4-3-7-22-10-16/h3-8,10-11H,12H2,1-2H3. The monoisotopic (exact) mass is 420 g/mol. The Kier molecular flexibility index (Phi) is 5.38. The van der Waals surface area contributed by atoms with Crippen molar-refractivity contribution < 1.29 is 0 Å². The first-order valence-corrected chi connectivity index (χ1v) is 10.5. The molecule has 9 heteroatoms. The van der Waals surface area contributed by atoms with E-state index in [0.29, 0.717) is 27.6 Å². The second-order valence-corrected chi connectivity index (χ2v) is 8.56. The lowest BCUT2D eigenvalue weighted by Gasteiger charge is -2.23. The van der Waals surface area contributed by atoms with Crippen molar-refractivity contribution >= 4 is 33.6 Å². The molecule has 0 amide bonds. The quantitative estimate of drug-likeness (QED) is 0.640. The topological polar surface area (TPSA) is 87.2 Å². The Labute approximate surface area is 176 Å². The lowest BCUT2D eigenvalue weighted by Crippen LogP contribution is -2.28. The SMILES string of the molecule is Cc1ccc(CSC2=NN(C)c3cnn(-c4cccnc4)c(=O)c3S2)c(C#N)c1. The summed E-state index contributed by atoms with van der Waals surface area (Å²) in [6.07, 6.45) is 4.88. The van der Waals surface area contributed by atoms with E-state index in [2.05, 4.69) is 21.3 Å². The lowest BCUT2D eigenvalue weighted by atomic mass is 10.1. The van der Waals surface area contributed by atoms with E-state index >= 15 is 0 Å². The van der Waals surface area contributed by atoms with Crippen LogP contribution in [0.2, 0.25) is 0 Å². The van der Waals surface area contributed by atoms with Crippen molar-refractivity contribution in [1.82, 2.24) is 14.8 Å². The van der Waals surface area contributed by atoms with Gasteiger partial charge >= 0.3 is 0 Å². The highest BCUT2D eigenvalue weighted by Gasteiger charge is 2.23. The number of hydrogen-bond acceptors (Lipinski definition) is 8. The van der Waals surface area contributed by atoms with Crippen LogP contribution in [0, 0.1) is 18.3 Å². The zero-order chi connectivity index (χ0) is 20.4. The Bertz CT molecular complexity index is 1200. The molecule has 1 aliphatic rings. The molecule has 0 bridgehead atoms. The van der Waals surface area contributed by atoms with E-state index in [1.54, 1.807) is 42.8 Å². The summed E-state index contributed by atoms with van der Waals surface area (Å²) < 4.78 is 2.08. The van der Waals surface area contributed by atoms with Crippen LogP contribution in [0.15, 0.2) is 63.7 Å². The summed E-state index contributed by atoms with van der Waals surface area (Å²) in [6.45, 7) is 1.96. The van der Waals surface area contributed by atoms with Gasteiger partial charge in [0.25, 0.3) is 5.56 Å². The van der Waals surface area contributed by atoms with Crippen LogP contribution < -0.4 is 10.6 Å². The number of nitriles is 1. The van der Waals surface area contributed by atoms with E-state index in [-0.39, 0.29) is 5.56 Å². The van der Waals surface area contributed by atoms with Gasteiger partial charge in [-0.05, 0) is 36.2 Å². The van der Waals surface area contributed by atoms with E-state index in [1.807, 2.05) is 25.1 Å². The molecular weight excluding hydrogens is 404 g/mol. The summed E-state index contributed by atoms with van der Waals surface area (Å²) >= 11 is 2.83. The van der Waals surface area contributed by atoms with Crippen LogP contribution in [0.25, 0.3) is 5.69 Å². The summed E-state index contributed by atoms with van der Waals surface area (Å²) in [5, 5.41) is 19.8. The third-order valence-electron chi connectivity index (χ3n) is 4.31. The van der Waals surface area contributed by atoms with Crippen molar-refractivity contribution in [3.8, 4) is 11.8 Å². The summed E-state index contributed by atoms with van der Waals surface area (Å²) in [5.41, 5.74) is 3.72. The van der Waals surface area contributed by atoms with E-state index in [0.717, 1.165) is 15.5 Å². The van der Waals surface area contributed by atoms with Crippen LogP contribution in [0.4, 0.5) is 5.69 Å². The third kappa shape index (κ3) is 3.90. The van der Waals surface area contributed by atoms with Gasteiger partial charge < -0.3 is 0 Å². The highest BCUT2D eigenvalue weighted by Crippen LogP contribution is 2.36. The van der Waals surface area contributed by atoms with Crippen molar-refractivity contribution in [2.24, 2.45) is 5.10 Å². The molecule has 3 heterocycles. The molecule has 3 aromatic rings. The molecule has 2 aromatic heterocycles. The highest BCUT2D eigenvalue weighted by atomic mass is 32.2.